The second-order valence-electron chi connectivity index (χ2n) is 8.06. The number of nitrogens with one attached hydrogen (secondary N) is 1. The summed E-state index contributed by atoms with van der Waals surface area (Å²) in [5.41, 5.74) is 1.53. The lowest BCUT2D eigenvalue weighted by Gasteiger charge is -2.33. The smallest absolute Gasteiger partial charge is 0.257 e. The van der Waals surface area contributed by atoms with Crippen LogP contribution in [0.15, 0.2) is 53.3 Å². The quantitative estimate of drug-likeness (QED) is 0.606. The third-order valence-electron chi connectivity index (χ3n) is 5.77. The number of benzene rings is 1. The summed E-state index contributed by atoms with van der Waals surface area (Å²) in [5.74, 6) is -0.140. The third kappa shape index (κ3) is 6.73. The van der Waals surface area contributed by atoms with Crippen molar-refractivity contribution in [1.82, 2.24) is 15.1 Å². The largest absolute Gasteiger partial charge is 0.472 e. The molecule has 2 heterocycles. The van der Waals surface area contributed by atoms with E-state index < -0.39 is 0 Å². The Morgan fingerprint density at radius 2 is 2.03 bits per heavy atom. The van der Waals surface area contributed by atoms with Crippen LogP contribution in [0.2, 0.25) is 0 Å². The summed E-state index contributed by atoms with van der Waals surface area (Å²) in [4.78, 5) is 29.4. The molecule has 30 heavy (non-hydrogen) atoms. The molecule has 3 rings (SSSR count). The fourth-order valence-corrected chi connectivity index (χ4v) is 3.95. The zero-order valence-electron chi connectivity index (χ0n) is 17.9. The average molecular weight is 412 g/mol. The molecule has 1 N–H and O–H groups in total. The maximum absolute atomic E-state index is 12.8. The van der Waals surface area contributed by atoms with E-state index in [0.29, 0.717) is 31.2 Å². The van der Waals surface area contributed by atoms with Crippen molar-refractivity contribution in [1.29, 1.82) is 0 Å². The van der Waals surface area contributed by atoms with E-state index in [1.807, 2.05) is 30.3 Å². The Kier molecular flexibility index (Phi) is 8.51. The molecule has 1 atom stereocenters. The van der Waals surface area contributed by atoms with Gasteiger partial charge < -0.3 is 19.5 Å². The molecular formula is C24H33N3O3. The molecule has 1 aliphatic heterocycles. The zero-order valence-corrected chi connectivity index (χ0v) is 17.9. The Bertz CT molecular complexity index is 776. The summed E-state index contributed by atoms with van der Waals surface area (Å²) in [5, 5.41) is 3.01. The van der Waals surface area contributed by atoms with Gasteiger partial charge in [0.15, 0.2) is 0 Å². The summed E-state index contributed by atoms with van der Waals surface area (Å²) in [6, 6.07) is 12.1. The van der Waals surface area contributed by atoms with Gasteiger partial charge in [0, 0.05) is 38.6 Å². The molecule has 0 bridgehead atoms. The van der Waals surface area contributed by atoms with E-state index in [4.69, 9.17) is 4.42 Å². The van der Waals surface area contributed by atoms with Crippen molar-refractivity contribution in [2.24, 2.45) is 0 Å². The molecule has 0 radical (unpaired) electrons. The average Bonchev–Trinajstić information content (AvgIpc) is 3.30. The van der Waals surface area contributed by atoms with Crippen LogP contribution in [0.25, 0.3) is 0 Å². The number of rotatable bonds is 10. The van der Waals surface area contributed by atoms with Crippen LogP contribution in [0, 0.1) is 0 Å². The van der Waals surface area contributed by atoms with Gasteiger partial charge in [-0.2, -0.15) is 0 Å². The van der Waals surface area contributed by atoms with Crippen LogP contribution in [0.3, 0.4) is 0 Å². The Morgan fingerprint density at radius 1 is 1.20 bits per heavy atom. The number of furan rings is 1. The van der Waals surface area contributed by atoms with Gasteiger partial charge in [0.1, 0.15) is 6.26 Å². The number of carbonyl (C=O) groups is 2. The molecule has 1 aliphatic rings. The van der Waals surface area contributed by atoms with Crippen molar-refractivity contribution in [3.05, 3.63) is 60.1 Å². The number of amides is 2. The van der Waals surface area contributed by atoms with Gasteiger partial charge in [0.2, 0.25) is 5.91 Å². The highest BCUT2D eigenvalue weighted by Gasteiger charge is 2.19. The van der Waals surface area contributed by atoms with Crippen molar-refractivity contribution < 1.29 is 14.0 Å². The molecule has 0 saturated carbocycles. The van der Waals surface area contributed by atoms with Gasteiger partial charge in [0.25, 0.3) is 5.91 Å². The lowest BCUT2D eigenvalue weighted by Crippen LogP contribution is -2.39. The lowest BCUT2D eigenvalue weighted by atomic mass is 10.0. The molecule has 1 unspecified atom stereocenters. The highest BCUT2D eigenvalue weighted by molar-refractivity contribution is 5.94. The summed E-state index contributed by atoms with van der Waals surface area (Å²) in [6.45, 7) is 5.99. The van der Waals surface area contributed by atoms with E-state index in [1.54, 1.807) is 11.0 Å². The van der Waals surface area contributed by atoms with Crippen LogP contribution in [0.4, 0.5) is 0 Å². The molecule has 6 nitrogen and oxygen atoms in total. The Balaban J connectivity index is 1.44. The fraction of sp³-hybridized carbons (Fsp3) is 0.500. The molecule has 2 aromatic rings. The monoisotopic (exact) mass is 411 g/mol. The summed E-state index contributed by atoms with van der Waals surface area (Å²) < 4.78 is 5.05. The van der Waals surface area contributed by atoms with E-state index in [9.17, 15) is 9.59 Å². The summed E-state index contributed by atoms with van der Waals surface area (Å²) in [7, 11) is 0. The van der Waals surface area contributed by atoms with Crippen molar-refractivity contribution in [2.45, 2.75) is 51.6 Å². The third-order valence-corrected chi connectivity index (χ3v) is 5.77. The Morgan fingerprint density at radius 3 is 2.77 bits per heavy atom. The minimum absolute atomic E-state index is 0.0141. The van der Waals surface area contributed by atoms with Crippen LogP contribution in [0.5, 0.6) is 0 Å². The van der Waals surface area contributed by atoms with Crippen LogP contribution >= 0.6 is 0 Å². The van der Waals surface area contributed by atoms with Gasteiger partial charge in [-0.3, -0.25) is 9.59 Å². The van der Waals surface area contributed by atoms with Crippen LogP contribution in [-0.2, 0) is 11.3 Å². The maximum atomic E-state index is 12.8. The van der Waals surface area contributed by atoms with Crippen LogP contribution < -0.4 is 5.32 Å². The van der Waals surface area contributed by atoms with Crippen molar-refractivity contribution in [3.63, 3.8) is 0 Å². The van der Waals surface area contributed by atoms with Gasteiger partial charge >= 0.3 is 0 Å². The lowest BCUT2D eigenvalue weighted by molar-refractivity contribution is -0.121. The molecule has 6 heteroatoms. The number of hydrogen-bond donors (Lipinski definition) is 1. The predicted molar refractivity (Wildman–Crippen MR) is 117 cm³/mol. The molecule has 1 saturated heterocycles. The molecular weight excluding hydrogens is 378 g/mol. The second-order valence-corrected chi connectivity index (χ2v) is 8.06. The first-order valence-electron chi connectivity index (χ1n) is 11.0. The van der Waals surface area contributed by atoms with Crippen molar-refractivity contribution in [2.75, 3.05) is 26.2 Å². The number of piperidine rings is 1. The topological polar surface area (TPSA) is 65.8 Å². The molecule has 1 fully saturated rings. The number of nitrogens with zero attached hydrogens (tertiary/aromatic N) is 2. The van der Waals surface area contributed by atoms with Crippen molar-refractivity contribution in [3.8, 4) is 0 Å². The summed E-state index contributed by atoms with van der Waals surface area (Å²) >= 11 is 0. The molecule has 1 aromatic heterocycles. The number of likely N-dealkylation sites (tertiary alicyclic amines) is 1. The van der Waals surface area contributed by atoms with E-state index >= 15 is 0 Å². The number of hydrogen-bond acceptors (Lipinski definition) is 4. The van der Waals surface area contributed by atoms with E-state index in [1.165, 1.54) is 38.3 Å². The molecule has 2 amide bonds. The highest BCUT2D eigenvalue weighted by Crippen LogP contribution is 2.16. The molecule has 0 spiro atoms. The van der Waals surface area contributed by atoms with Gasteiger partial charge in [-0.15, -0.1) is 0 Å². The van der Waals surface area contributed by atoms with Crippen molar-refractivity contribution >= 4 is 11.8 Å². The van der Waals surface area contributed by atoms with Crippen LogP contribution in [0.1, 0.15) is 54.9 Å². The fourth-order valence-electron chi connectivity index (χ4n) is 3.95. The minimum atomic E-state index is -0.125. The van der Waals surface area contributed by atoms with Gasteiger partial charge in [-0.25, -0.2) is 0 Å². The van der Waals surface area contributed by atoms with E-state index in [2.05, 4.69) is 17.1 Å². The Labute approximate surface area is 179 Å². The highest BCUT2D eigenvalue weighted by atomic mass is 16.3. The van der Waals surface area contributed by atoms with Crippen LogP contribution in [-0.4, -0.2) is 53.8 Å². The van der Waals surface area contributed by atoms with Gasteiger partial charge in [0.05, 0.1) is 11.8 Å². The SMILES string of the molecule is CC1CCCCN1CCCNC(=O)CCN(Cc1ccccc1)C(=O)c1ccoc1. The first-order chi connectivity index (χ1) is 14.6. The number of carbonyl (C=O) groups excluding carboxylic acids is 2. The molecule has 1 aromatic carbocycles. The second kappa shape index (κ2) is 11.6. The van der Waals surface area contributed by atoms with E-state index in [-0.39, 0.29) is 18.2 Å². The van der Waals surface area contributed by atoms with Gasteiger partial charge in [-0.1, -0.05) is 36.8 Å². The van der Waals surface area contributed by atoms with E-state index in [0.717, 1.165) is 18.5 Å². The molecule has 162 valence electrons. The normalized spacial score (nSPS) is 16.9. The standard InChI is InChI=1S/C24H33N3O3/c1-20-8-5-6-14-26(20)15-7-13-25-23(28)11-16-27(18-21-9-3-2-4-10-21)24(29)22-12-17-30-19-22/h2-4,9-10,12,17,19-20H,5-8,11,13-16,18H2,1H3,(H,25,28). The first-order valence-corrected chi connectivity index (χ1v) is 11.0. The zero-order chi connectivity index (χ0) is 21.2. The maximum Gasteiger partial charge on any atom is 0.257 e. The first kappa shape index (κ1) is 22.1. The van der Waals surface area contributed by atoms with Gasteiger partial charge in [-0.05, 0) is 44.4 Å². The Hall–Kier alpha value is -2.60. The minimum Gasteiger partial charge on any atom is -0.472 e. The molecule has 0 aliphatic carbocycles. The predicted octanol–water partition coefficient (Wildman–Crippen LogP) is 3.69. The summed E-state index contributed by atoms with van der Waals surface area (Å²) in [6.07, 6.45) is 8.05.